The van der Waals surface area contributed by atoms with Gasteiger partial charge >= 0.3 is 5.69 Å². The second kappa shape index (κ2) is 5.78. The van der Waals surface area contributed by atoms with E-state index < -0.39 is 30.8 Å². The van der Waals surface area contributed by atoms with Crippen LogP contribution in [0.25, 0.3) is 0 Å². The van der Waals surface area contributed by atoms with Crippen LogP contribution in [0.2, 0.25) is 0 Å². The van der Waals surface area contributed by atoms with Gasteiger partial charge in [0.05, 0.1) is 24.4 Å². The summed E-state index contributed by atoms with van der Waals surface area (Å²) < 4.78 is 8.51. The van der Waals surface area contributed by atoms with Crippen molar-refractivity contribution in [3.05, 3.63) is 22.2 Å². The first-order valence-electron chi connectivity index (χ1n) is 8.27. The number of anilines is 1. The first-order valence-corrected chi connectivity index (χ1v) is 8.27. The van der Waals surface area contributed by atoms with E-state index in [1.807, 2.05) is 0 Å². The largest absolute Gasteiger partial charge is 0.501 e. The first kappa shape index (κ1) is 16.0. The van der Waals surface area contributed by atoms with Crippen LogP contribution < -0.4 is 15.2 Å². The molecule has 4 rings (SSSR count). The van der Waals surface area contributed by atoms with Crippen LogP contribution in [0.5, 0.6) is 0 Å². The fourth-order valence-corrected chi connectivity index (χ4v) is 3.88. The third-order valence-electron chi connectivity index (χ3n) is 5.18. The summed E-state index contributed by atoms with van der Waals surface area (Å²) in [7, 11) is 0. The van der Waals surface area contributed by atoms with E-state index in [-0.39, 0.29) is 18.7 Å². The SMILES string of the molecule is O=c1n2c3c(c[n+]1[C@H]1C[C@H](O)[C@@H](CO)O1)[C@@H](O)CCN3C(O)CC2. The summed E-state index contributed by atoms with van der Waals surface area (Å²) in [5, 5.41) is 39.7. The average molecular weight is 340 g/mol. The molecule has 9 heteroatoms. The minimum atomic E-state index is -0.840. The van der Waals surface area contributed by atoms with Gasteiger partial charge in [-0.1, -0.05) is 0 Å². The molecule has 0 aliphatic carbocycles. The molecule has 1 aromatic heterocycles. The van der Waals surface area contributed by atoms with Gasteiger partial charge in [-0.3, -0.25) is 0 Å². The number of aromatic nitrogens is 2. The van der Waals surface area contributed by atoms with Gasteiger partial charge in [0, 0.05) is 19.4 Å². The zero-order chi connectivity index (χ0) is 17.0. The van der Waals surface area contributed by atoms with Gasteiger partial charge in [-0.25, -0.2) is 0 Å². The number of aliphatic hydroxyl groups is 4. The van der Waals surface area contributed by atoms with Crippen molar-refractivity contribution in [3.8, 4) is 0 Å². The van der Waals surface area contributed by atoms with Crippen LogP contribution in [0.1, 0.15) is 37.2 Å². The van der Waals surface area contributed by atoms with Crippen molar-refractivity contribution in [1.29, 1.82) is 0 Å². The van der Waals surface area contributed by atoms with Gasteiger partial charge in [0.25, 0.3) is 0 Å². The smallest absolute Gasteiger partial charge is 0.394 e. The Morgan fingerprint density at radius 3 is 2.75 bits per heavy atom. The minimum absolute atomic E-state index is 0.201. The van der Waals surface area contributed by atoms with Gasteiger partial charge < -0.3 is 30.1 Å². The minimum Gasteiger partial charge on any atom is -0.394 e. The molecule has 1 saturated heterocycles. The number of hydrogen-bond acceptors (Lipinski definition) is 7. The summed E-state index contributed by atoms with van der Waals surface area (Å²) in [5.74, 6) is 0.561. The molecule has 0 aromatic carbocycles. The number of ether oxygens (including phenoxy) is 1. The molecule has 0 bridgehead atoms. The molecule has 4 N–H and O–H groups in total. The molecule has 3 aliphatic heterocycles. The number of nitrogens with zero attached hydrogens (tertiary/aromatic N) is 3. The molecule has 0 radical (unpaired) electrons. The lowest BCUT2D eigenvalue weighted by atomic mass is 10.0. The molecule has 0 saturated carbocycles. The Morgan fingerprint density at radius 2 is 2.04 bits per heavy atom. The highest BCUT2D eigenvalue weighted by molar-refractivity contribution is 5.51. The molecule has 3 aliphatic rings. The van der Waals surface area contributed by atoms with Crippen molar-refractivity contribution in [2.75, 3.05) is 18.1 Å². The predicted molar refractivity (Wildman–Crippen MR) is 80.1 cm³/mol. The standard InChI is InChI=1S/C15H22N3O6/c19-7-11-10(21)5-13(24-11)18-6-8-9(20)1-3-16-12(22)2-4-17(14(8)16)15(18)23/h6,9-13,19-22H,1-5,7H2/q+1/t9-,10-,11+,12?,13+/m0/s1. The molecule has 1 fully saturated rings. The zero-order valence-corrected chi connectivity index (χ0v) is 13.2. The summed E-state index contributed by atoms with van der Waals surface area (Å²) in [4.78, 5) is 14.6. The van der Waals surface area contributed by atoms with Crippen LogP contribution in [0, 0.1) is 0 Å². The van der Waals surface area contributed by atoms with Crippen molar-refractivity contribution >= 4 is 5.82 Å². The van der Waals surface area contributed by atoms with Crippen LogP contribution in [-0.2, 0) is 11.3 Å². The van der Waals surface area contributed by atoms with E-state index in [9.17, 15) is 25.2 Å². The van der Waals surface area contributed by atoms with Crippen molar-refractivity contribution in [2.24, 2.45) is 0 Å². The van der Waals surface area contributed by atoms with Crippen LogP contribution >= 0.6 is 0 Å². The van der Waals surface area contributed by atoms with E-state index in [1.54, 1.807) is 15.7 Å². The molecule has 24 heavy (non-hydrogen) atoms. The van der Waals surface area contributed by atoms with Crippen molar-refractivity contribution in [2.45, 2.75) is 56.6 Å². The number of rotatable bonds is 2. The topological polar surface area (TPSA) is 119 Å². The molecule has 0 amide bonds. The Labute approximate surface area is 137 Å². The number of hydrogen-bond donors (Lipinski definition) is 4. The molecular formula is C15H22N3O6+. The summed E-state index contributed by atoms with van der Waals surface area (Å²) in [5.41, 5.74) is 0.265. The van der Waals surface area contributed by atoms with Gasteiger partial charge in [-0.2, -0.15) is 13.9 Å². The Bertz CT molecular complexity index is 707. The summed E-state index contributed by atoms with van der Waals surface area (Å²) in [6.45, 7) is 0.523. The van der Waals surface area contributed by atoms with Crippen LogP contribution in [0.15, 0.2) is 11.0 Å². The lowest BCUT2D eigenvalue weighted by Crippen LogP contribution is -2.61. The Hall–Kier alpha value is -1.52. The second-order valence-electron chi connectivity index (χ2n) is 6.63. The zero-order valence-electron chi connectivity index (χ0n) is 13.2. The normalized spacial score (nSPS) is 35.2. The molecule has 0 spiro atoms. The summed E-state index contributed by atoms with van der Waals surface area (Å²) in [6.07, 6.45) is -0.972. The third kappa shape index (κ3) is 2.27. The van der Waals surface area contributed by atoms with Crippen LogP contribution in [0.3, 0.4) is 0 Å². The van der Waals surface area contributed by atoms with E-state index in [2.05, 4.69) is 0 Å². The van der Waals surface area contributed by atoms with Gasteiger partial charge in [-0.05, 0) is 6.42 Å². The number of aliphatic hydroxyl groups excluding tert-OH is 4. The molecule has 1 unspecified atom stereocenters. The maximum absolute atomic E-state index is 12.9. The highest BCUT2D eigenvalue weighted by atomic mass is 16.5. The molecule has 4 heterocycles. The monoisotopic (exact) mass is 340 g/mol. The van der Waals surface area contributed by atoms with Crippen molar-refractivity contribution in [3.63, 3.8) is 0 Å². The molecule has 9 nitrogen and oxygen atoms in total. The van der Waals surface area contributed by atoms with E-state index in [4.69, 9.17) is 4.74 Å². The Balaban J connectivity index is 1.81. The fraction of sp³-hybridized carbons (Fsp3) is 0.733. The highest BCUT2D eigenvalue weighted by Crippen LogP contribution is 2.36. The maximum Gasteiger partial charge on any atom is 0.501 e. The van der Waals surface area contributed by atoms with E-state index in [1.165, 1.54) is 4.57 Å². The van der Waals surface area contributed by atoms with Gasteiger partial charge in [0.15, 0.2) is 0 Å². The van der Waals surface area contributed by atoms with Crippen LogP contribution in [-0.4, -0.2) is 56.6 Å². The van der Waals surface area contributed by atoms with E-state index in [0.717, 1.165) is 0 Å². The average Bonchev–Trinajstić information content (AvgIpc) is 2.94. The lowest BCUT2D eigenvalue weighted by Gasteiger charge is -2.38. The predicted octanol–water partition coefficient (Wildman–Crippen LogP) is -2.26. The molecule has 1 aromatic rings. The third-order valence-corrected chi connectivity index (χ3v) is 5.18. The van der Waals surface area contributed by atoms with Gasteiger partial charge in [-0.15, -0.1) is 0 Å². The lowest BCUT2D eigenvalue weighted by molar-refractivity contribution is -0.775. The van der Waals surface area contributed by atoms with Gasteiger partial charge in [0.1, 0.15) is 25.1 Å². The second-order valence-corrected chi connectivity index (χ2v) is 6.63. The Kier molecular flexibility index (Phi) is 3.85. The summed E-state index contributed by atoms with van der Waals surface area (Å²) >= 11 is 0. The van der Waals surface area contributed by atoms with Crippen molar-refractivity contribution in [1.82, 2.24) is 4.57 Å². The van der Waals surface area contributed by atoms with Crippen LogP contribution in [0.4, 0.5) is 5.82 Å². The fourth-order valence-electron chi connectivity index (χ4n) is 3.88. The van der Waals surface area contributed by atoms with E-state index >= 15 is 0 Å². The molecular weight excluding hydrogens is 318 g/mol. The molecule has 5 atom stereocenters. The van der Waals surface area contributed by atoms with Crippen molar-refractivity contribution < 1.29 is 29.7 Å². The van der Waals surface area contributed by atoms with E-state index in [0.29, 0.717) is 37.3 Å². The molecule has 132 valence electrons. The Morgan fingerprint density at radius 1 is 1.25 bits per heavy atom. The maximum atomic E-state index is 12.9. The highest BCUT2D eigenvalue weighted by Gasteiger charge is 2.43. The quantitative estimate of drug-likeness (QED) is 0.449. The summed E-state index contributed by atoms with van der Waals surface area (Å²) in [6, 6.07) is 0. The first-order chi connectivity index (χ1) is 11.5. The van der Waals surface area contributed by atoms with Gasteiger partial charge in [0.2, 0.25) is 12.0 Å².